The van der Waals surface area contributed by atoms with E-state index in [1.807, 2.05) is 44.2 Å². The predicted octanol–water partition coefficient (Wildman–Crippen LogP) is 1.18. The minimum atomic E-state index is -0.192. The van der Waals surface area contributed by atoms with Crippen LogP contribution in [0, 0.1) is 0 Å². The molecule has 0 aliphatic carbocycles. The second-order valence-corrected chi connectivity index (χ2v) is 4.88. The average molecular weight is 278 g/mol. The van der Waals surface area contributed by atoms with Crippen LogP contribution in [0.5, 0.6) is 0 Å². The molecular formula is C15H22N2O3. The molecule has 110 valence electrons. The normalized spacial score (nSPS) is 13.3. The lowest BCUT2D eigenvalue weighted by Gasteiger charge is -2.22. The quantitative estimate of drug-likeness (QED) is 0.727. The number of nitrogens with zero attached hydrogens (tertiary/aromatic N) is 1. The minimum Gasteiger partial charge on any atom is -0.372 e. The molecule has 1 rings (SSSR count). The van der Waals surface area contributed by atoms with E-state index in [0.29, 0.717) is 13.0 Å². The van der Waals surface area contributed by atoms with Crippen LogP contribution in [0.1, 0.15) is 19.4 Å². The average Bonchev–Trinajstić information content (AvgIpc) is 2.45. The van der Waals surface area contributed by atoms with E-state index in [2.05, 4.69) is 5.32 Å². The van der Waals surface area contributed by atoms with Crippen LogP contribution in [-0.4, -0.2) is 43.0 Å². The standard InChI is InChI=1S/C15H22N2O3/c1-12(16-15(19)9-17(3)11-18)13(2)20-10-14-7-5-4-6-8-14/h4-8,11-13H,9-10H2,1-3H3,(H,16,19). The Kier molecular flexibility index (Phi) is 6.73. The Morgan fingerprint density at radius 2 is 2.00 bits per heavy atom. The van der Waals surface area contributed by atoms with E-state index in [0.717, 1.165) is 5.56 Å². The molecule has 5 nitrogen and oxygen atoms in total. The summed E-state index contributed by atoms with van der Waals surface area (Å²) in [7, 11) is 1.56. The molecule has 0 heterocycles. The number of carbonyl (C=O) groups is 2. The van der Waals surface area contributed by atoms with Gasteiger partial charge in [0.25, 0.3) is 0 Å². The fraction of sp³-hybridized carbons (Fsp3) is 0.467. The molecule has 2 unspecified atom stereocenters. The summed E-state index contributed by atoms with van der Waals surface area (Å²) in [5.74, 6) is -0.192. The summed E-state index contributed by atoms with van der Waals surface area (Å²) in [5.41, 5.74) is 1.10. The van der Waals surface area contributed by atoms with Crippen LogP contribution >= 0.6 is 0 Å². The molecule has 20 heavy (non-hydrogen) atoms. The molecule has 1 N–H and O–H groups in total. The van der Waals surface area contributed by atoms with E-state index in [4.69, 9.17) is 4.74 Å². The van der Waals surface area contributed by atoms with E-state index in [1.54, 1.807) is 7.05 Å². The third-order valence-electron chi connectivity index (χ3n) is 3.02. The second kappa shape index (κ2) is 8.32. The monoisotopic (exact) mass is 278 g/mol. The van der Waals surface area contributed by atoms with Crippen LogP contribution in [0.3, 0.4) is 0 Å². The summed E-state index contributed by atoms with van der Waals surface area (Å²) in [6.07, 6.45) is 0.514. The summed E-state index contributed by atoms with van der Waals surface area (Å²) >= 11 is 0. The zero-order valence-electron chi connectivity index (χ0n) is 12.2. The molecule has 2 amide bonds. The molecule has 0 saturated heterocycles. The number of amides is 2. The Balaban J connectivity index is 2.33. The molecule has 0 aliphatic heterocycles. The first-order valence-electron chi connectivity index (χ1n) is 6.63. The number of likely N-dealkylation sites (N-methyl/N-ethyl adjacent to an activating group) is 1. The number of rotatable bonds is 8. The maximum Gasteiger partial charge on any atom is 0.239 e. The summed E-state index contributed by atoms with van der Waals surface area (Å²) in [6.45, 7) is 4.36. The summed E-state index contributed by atoms with van der Waals surface area (Å²) in [6, 6.07) is 9.75. The molecule has 0 fully saturated rings. The van der Waals surface area contributed by atoms with Gasteiger partial charge in [0, 0.05) is 7.05 Å². The Morgan fingerprint density at radius 3 is 2.60 bits per heavy atom. The molecule has 0 aliphatic rings. The number of nitrogens with one attached hydrogen (secondary N) is 1. The topological polar surface area (TPSA) is 58.6 Å². The first-order chi connectivity index (χ1) is 9.52. The van der Waals surface area contributed by atoms with Crippen LogP contribution in [0.2, 0.25) is 0 Å². The smallest absolute Gasteiger partial charge is 0.239 e. The van der Waals surface area contributed by atoms with Gasteiger partial charge in [-0.2, -0.15) is 0 Å². The molecule has 0 spiro atoms. The largest absolute Gasteiger partial charge is 0.372 e. The van der Waals surface area contributed by atoms with Crippen LogP contribution in [-0.2, 0) is 20.9 Å². The highest BCUT2D eigenvalue weighted by Crippen LogP contribution is 2.05. The zero-order chi connectivity index (χ0) is 15.0. The number of hydrogen-bond acceptors (Lipinski definition) is 3. The first-order valence-corrected chi connectivity index (χ1v) is 6.63. The van der Waals surface area contributed by atoms with Crippen LogP contribution in [0.25, 0.3) is 0 Å². The van der Waals surface area contributed by atoms with E-state index >= 15 is 0 Å². The number of carbonyl (C=O) groups excluding carboxylic acids is 2. The van der Waals surface area contributed by atoms with Gasteiger partial charge in [-0.3, -0.25) is 9.59 Å². The van der Waals surface area contributed by atoms with Gasteiger partial charge in [-0.1, -0.05) is 30.3 Å². The molecule has 1 aromatic carbocycles. The molecule has 0 aromatic heterocycles. The van der Waals surface area contributed by atoms with E-state index in [-0.39, 0.29) is 24.6 Å². The maximum absolute atomic E-state index is 11.6. The van der Waals surface area contributed by atoms with Gasteiger partial charge in [-0.25, -0.2) is 0 Å². The number of hydrogen-bond donors (Lipinski definition) is 1. The van der Waals surface area contributed by atoms with Crippen LogP contribution < -0.4 is 5.32 Å². The minimum absolute atomic E-state index is 0.0548. The zero-order valence-corrected chi connectivity index (χ0v) is 12.2. The summed E-state index contributed by atoms with van der Waals surface area (Å²) in [4.78, 5) is 23.4. The molecule has 5 heteroatoms. The van der Waals surface area contributed by atoms with Crippen molar-refractivity contribution in [1.82, 2.24) is 10.2 Å². The highest BCUT2D eigenvalue weighted by atomic mass is 16.5. The van der Waals surface area contributed by atoms with Crippen molar-refractivity contribution >= 4 is 12.3 Å². The maximum atomic E-state index is 11.6. The predicted molar refractivity (Wildman–Crippen MR) is 77.0 cm³/mol. The molecule has 2 atom stereocenters. The van der Waals surface area contributed by atoms with Crippen molar-refractivity contribution in [2.24, 2.45) is 0 Å². The van der Waals surface area contributed by atoms with E-state index in [1.165, 1.54) is 4.90 Å². The van der Waals surface area contributed by atoms with Crippen LogP contribution in [0.15, 0.2) is 30.3 Å². The Hall–Kier alpha value is -1.88. The van der Waals surface area contributed by atoms with Gasteiger partial charge >= 0.3 is 0 Å². The van der Waals surface area contributed by atoms with Gasteiger partial charge in [0.2, 0.25) is 12.3 Å². The van der Waals surface area contributed by atoms with Crippen molar-refractivity contribution < 1.29 is 14.3 Å². The summed E-state index contributed by atoms with van der Waals surface area (Å²) < 4.78 is 5.72. The Bertz CT molecular complexity index is 422. The van der Waals surface area contributed by atoms with Gasteiger partial charge in [0.15, 0.2) is 0 Å². The van der Waals surface area contributed by atoms with Crippen molar-refractivity contribution in [2.75, 3.05) is 13.6 Å². The van der Waals surface area contributed by atoms with E-state index in [9.17, 15) is 9.59 Å². The third-order valence-corrected chi connectivity index (χ3v) is 3.02. The molecular weight excluding hydrogens is 256 g/mol. The second-order valence-electron chi connectivity index (χ2n) is 4.88. The Labute approximate surface area is 119 Å². The lowest BCUT2D eigenvalue weighted by Crippen LogP contribution is -2.44. The SMILES string of the molecule is CC(NC(=O)CN(C)C=O)C(C)OCc1ccccc1. The third kappa shape index (κ3) is 5.84. The van der Waals surface area contributed by atoms with Gasteiger partial charge in [-0.15, -0.1) is 0 Å². The molecule has 0 saturated carbocycles. The number of benzene rings is 1. The van der Waals surface area contributed by atoms with Crippen LogP contribution in [0.4, 0.5) is 0 Å². The Morgan fingerprint density at radius 1 is 1.35 bits per heavy atom. The van der Waals surface area contributed by atoms with Gasteiger partial charge in [0.05, 0.1) is 25.3 Å². The van der Waals surface area contributed by atoms with Gasteiger partial charge in [-0.05, 0) is 19.4 Å². The van der Waals surface area contributed by atoms with Crippen molar-refractivity contribution in [3.05, 3.63) is 35.9 Å². The highest BCUT2D eigenvalue weighted by Gasteiger charge is 2.16. The molecule has 0 radical (unpaired) electrons. The lowest BCUT2D eigenvalue weighted by molar-refractivity contribution is -0.128. The fourth-order valence-electron chi connectivity index (χ4n) is 1.63. The number of ether oxygens (including phenoxy) is 1. The van der Waals surface area contributed by atoms with Crippen molar-refractivity contribution in [1.29, 1.82) is 0 Å². The van der Waals surface area contributed by atoms with E-state index < -0.39 is 0 Å². The molecule has 1 aromatic rings. The van der Waals surface area contributed by atoms with Gasteiger partial charge < -0.3 is 15.0 Å². The lowest BCUT2D eigenvalue weighted by atomic mass is 10.2. The fourth-order valence-corrected chi connectivity index (χ4v) is 1.63. The van der Waals surface area contributed by atoms with Crippen molar-refractivity contribution in [3.8, 4) is 0 Å². The van der Waals surface area contributed by atoms with Crippen molar-refractivity contribution in [3.63, 3.8) is 0 Å². The first kappa shape index (κ1) is 16.2. The highest BCUT2D eigenvalue weighted by molar-refractivity contribution is 5.80. The van der Waals surface area contributed by atoms with Gasteiger partial charge in [0.1, 0.15) is 0 Å². The van der Waals surface area contributed by atoms with Crippen molar-refractivity contribution in [2.45, 2.75) is 32.6 Å². The summed E-state index contributed by atoms with van der Waals surface area (Å²) in [5, 5.41) is 2.82. The molecule has 0 bridgehead atoms.